The van der Waals surface area contributed by atoms with Crippen molar-refractivity contribution in [1.29, 1.82) is 0 Å². The van der Waals surface area contributed by atoms with Gasteiger partial charge in [0.2, 0.25) is 5.91 Å². The van der Waals surface area contributed by atoms with E-state index >= 15 is 0 Å². The molecule has 4 rings (SSSR count). The summed E-state index contributed by atoms with van der Waals surface area (Å²) in [6, 6.07) is 14.0. The average molecular weight is 461 g/mol. The number of hydrogen-bond donors (Lipinski definition) is 1. The second kappa shape index (κ2) is 7.76. The van der Waals surface area contributed by atoms with Crippen LogP contribution < -0.4 is 5.32 Å². The monoisotopic (exact) mass is 460 g/mol. The summed E-state index contributed by atoms with van der Waals surface area (Å²) in [6.07, 6.45) is 0. The van der Waals surface area contributed by atoms with Gasteiger partial charge in [0.1, 0.15) is 11.4 Å². The minimum absolute atomic E-state index is 0.0710. The SMILES string of the molecule is Cn1c(SCC(=O)Nc2ccc(Br)cc2F)nnc1-c1cc2ccccc2o1. The number of para-hydroxylation sites is 1. The molecule has 0 fully saturated rings. The molecular formula is C19H14BrFN4O2S. The average Bonchev–Trinajstić information content (AvgIpc) is 3.25. The Bertz CT molecular complexity index is 1140. The summed E-state index contributed by atoms with van der Waals surface area (Å²) < 4.78 is 22.0. The maximum atomic E-state index is 13.8. The van der Waals surface area contributed by atoms with E-state index in [0.29, 0.717) is 21.2 Å². The van der Waals surface area contributed by atoms with Crippen LogP contribution in [0.15, 0.2) is 62.6 Å². The van der Waals surface area contributed by atoms with Gasteiger partial charge < -0.3 is 14.3 Å². The number of halogens is 2. The Morgan fingerprint density at radius 3 is 2.86 bits per heavy atom. The first kappa shape index (κ1) is 18.7. The van der Waals surface area contributed by atoms with Gasteiger partial charge in [0.25, 0.3) is 0 Å². The minimum atomic E-state index is -0.501. The summed E-state index contributed by atoms with van der Waals surface area (Å²) in [6.45, 7) is 0. The van der Waals surface area contributed by atoms with E-state index in [4.69, 9.17) is 4.42 Å². The molecule has 0 atom stereocenters. The predicted octanol–water partition coefficient (Wildman–Crippen LogP) is 4.86. The maximum absolute atomic E-state index is 13.8. The fourth-order valence-corrected chi connectivity index (χ4v) is 3.70. The van der Waals surface area contributed by atoms with Gasteiger partial charge in [0.15, 0.2) is 16.7 Å². The highest BCUT2D eigenvalue weighted by molar-refractivity contribution is 9.10. The zero-order valence-corrected chi connectivity index (χ0v) is 17.1. The normalized spacial score (nSPS) is 11.1. The van der Waals surface area contributed by atoms with E-state index in [1.54, 1.807) is 17.7 Å². The van der Waals surface area contributed by atoms with Crippen LogP contribution in [0.5, 0.6) is 0 Å². The van der Waals surface area contributed by atoms with Gasteiger partial charge >= 0.3 is 0 Å². The van der Waals surface area contributed by atoms with Crippen LogP contribution in [0.2, 0.25) is 0 Å². The molecule has 6 nitrogen and oxygen atoms in total. The van der Waals surface area contributed by atoms with Crippen molar-refractivity contribution in [2.24, 2.45) is 7.05 Å². The van der Waals surface area contributed by atoms with Crippen molar-refractivity contribution in [2.45, 2.75) is 5.16 Å². The third kappa shape index (κ3) is 3.81. The molecule has 28 heavy (non-hydrogen) atoms. The quantitative estimate of drug-likeness (QED) is 0.430. The van der Waals surface area contributed by atoms with Crippen LogP contribution in [-0.2, 0) is 11.8 Å². The highest BCUT2D eigenvalue weighted by Gasteiger charge is 2.16. The van der Waals surface area contributed by atoms with E-state index in [0.717, 1.165) is 11.0 Å². The molecule has 0 saturated heterocycles. The Labute approximate surface area is 172 Å². The Kier molecular flexibility index (Phi) is 5.19. The van der Waals surface area contributed by atoms with Crippen molar-refractivity contribution in [2.75, 3.05) is 11.1 Å². The van der Waals surface area contributed by atoms with Gasteiger partial charge in [-0.2, -0.15) is 0 Å². The van der Waals surface area contributed by atoms with Gasteiger partial charge in [0, 0.05) is 16.9 Å². The molecule has 0 bridgehead atoms. The number of nitrogens with zero attached hydrogens (tertiary/aromatic N) is 3. The van der Waals surface area contributed by atoms with E-state index < -0.39 is 5.82 Å². The lowest BCUT2D eigenvalue weighted by atomic mass is 10.2. The second-order valence-corrected chi connectivity index (χ2v) is 7.83. The summed E-state index contributed by atoms with van der Waals surface area (Å²) in [5, 5.41) is 12.4. The number of thioether (sulfide) groups is 1. The Hall–Kier alpha value is -2.65. The molecule has 0 spiro atoms. The molecule has 9 heteroatoms. The highest BCUT2D eigenvalue weighted by atomic mass is 79.9. The number of benzene rings is 2. The molecule has 2 aromatic carbocycles. The van der Waals surface area contributed by atoms with E-state index in [1.807, 2.05) is 30.3 Å². The first-order valence-electron chi connectivity index (χ1n) is 8.27. The number of hydrogen-bond acceptors (Lipinski definition) is 5. The maximum Gasteiger partial charge on any atom is 0.234 e. The number of rotatable bonds is 5. The van der Waals surface area contributed by atoms with Gasteiger partial charge in [-0.1, -0.05) is 45.9 Å². The summed E-state index contributed by atoms with van der Waals surface area (Å²) in [5.41, 5.74) is 0.903. The summed E-state index contributed by atoms with van der Waals surface area (Å²) in [5.74, 6) is 0.405. The van der Waals surface area contributed by atoms with Gasteiger partial charge in [0.05, 0.1) is 11.4 Å². The van der Waals surface area contributed by atoms with Crippen LogP contribution in [0.3, 0.4) is 0 Å². The molecule has 2 heterocycles. The number of anilines is 1. The molecule has 0 aliphatic rings. The third-order valence-electron chi connectivity index (χ3n) is 4.02. The van der Waals surface area contributed by atoms with E-state index in [-0.39, 0.29) is 17.3 Å². The van der Waals surface area contributed by atoms with Crippen LogP contribution in [-0.4, -0.2) is 26.4 Å². The second-order valence-electron chi connectivity index (χ2n) is 5.97. The topological polar surface area (TPSA) is 73.0 Å². The number of aromatic nitrogens is 3. The number of carbonyl (C=O) groups is 1. The zero-order chi connectivity index (χ0) is 19.7. The summed E-state index contributed by atoms with van der Waals surface area (Å²) in [4.78, 5) is 12.1. The number of fused-ring (bicyclic) bond motifs is 1. The van der Waals surface area contributed by atoms with Crippen LogP contribution in [0, 0.1) is 5.82 Å². The highest BCUT2D eigenvalue weighted by Crippen LogP contribution is 2.28. The molecule has 1 amide bonds. The summed E-state index contributed by atoms with van der Waals surface area (Å²) in [7, 11) is 1.80. The molecule has 1 N–H and O–H groups in total. The molecule has 2 aromatic heterocycles. The van der Waals surface area contributed by atoms with Crippen molar-refractivity contribution in [1.82, 2.24) is 14.8 Å². The minimum Gasteiger partial charge on any atom is -0.453 e. The molecule has 0 aliphatic carbocycles. The van der Waals surface area contributed by atoms with Gasteiger partial charge in [-0.05, 0) is 30.3 Å². The number of amides is 1. The zero-order valence-electron chi connectivity index (χ0n) is 14.6. The molecular weight excluding hydrogens is 447 g/mol. The standard InChI is InChI=1S/C19H14BrFN4O2S/c1-25-18(16-8-11-4-2-3-5-15(11)27-16)23-24-19(25)28-10-17(26)22-14-7-6-12(20)9-13(14)21/h2-9H,10H2,1H3,(H,22,26). The van der Waals surface area contributed by atoms with Gasteiger partial charge in [-0.3, -0.25) is 4.79 Å². The van der Waals surface area contributed by atoms with Crippen molar-refractivity contribution in [3.8, 4) is 11.6 Å². The fraction of sp³-hybridized carbons (Fsp3) is 0.105. The van der Waals surface area contributed by atoms with Crippen molar-refractivity contribution < 1.29 is 13.6 Å². The fourth-order valence-electron chi connectivity index (χ4n) is 2.65. The Balaban J connectivity index is 1.45. The lowest BCUT2D eigenvalue weighted by Crippen LogP contribution is -2.15. The molecule has 0 radical (unpaired) electrons. The molecule has 142 valence electrons. The van der Waals surface area contributed by atoms with E-state index in [9.17, 15) is 9.18 Å². The van der Waals surface area contributed by atoms with Crippen molar-refractivity contribution in [3.63, 3.8) is 0 Å². The number of carbonyl (C=O) groups excluding carboxylic acids is 1. The summed E-state index contributed by atoms with van der Waals surface area (Å²) >= 11 is 4.39. The molecule has 0 unspecified atom stereocenters. The largest absolute Gasteiger partial charge is 0.453 e. The molecule has 0 saturated carbocycles. The first-order valence-corrected chi connectivity index (χ1v) is 10.0. The van der Waals surface area contributed by atoms with Crippen LogP contribution in [0.1, 0.15) is 0 Å². The van der Waals surface area contributed by atoms with Gasteiger partial charge in [-0.25, -0.2) is 4.39 Å². The Morgan fingerprint density at radius 2 is 2.07 bits per heavy atom. The van der Waals surface area contributed by atoms with Crippen LogP contribution >= 0.6 is 27.7 Å². The smallest absolute Gasteiger partial charge is 0.234 e. The first-order chi connectivity index (χ1) is 13.5. The Morgan fingerprint density at radius 1 is 1.25 bits per heavy atom. The lowest BCUT2D eigenvalue weighted by Gasteiger charge is -2.06. The van der Waals surface area contributed by atoms with Gasteiger partial charge in [-0.15, -0.1) is 10.2 Å². The lowest BCUT2D eigenvalue weighted by molar-refractivity contribution is -0.113. The number of furan rings is 1. The molecule has 0 aliphatic heterocycles. The molecule has 4 aromatic rings. The van der Waals surface area contributed by atoms with E-state index in [2.05, 4.69) is 31.4 Å². The van der Waals surface area contributed by atoms with Crippen molar-refractivity contribution >= 4 is 50.3 Å². The van der Waals surface area contributed by atoms with Crippen molar-refractivity contribution in [3.05, 3.63) is 58.8 Å². The third-order valence-corrected chi connectivity index (χ3v) is 5.53. The number of nitrogens with one attached hydrogen (secondary N) is 1. The van der Waals surface area contributed by atoms with Crippen LogP contribution in [0.4, 0.5) is 10.1 Å². The predicted molar refractivity (Wildman–Crippen MR) is 110 cm³/mol. The van der Waals surface area contributed by atoms with Crippen LogP contribution in [0.25, 0.3) is 22.6 Å². The van der Waals surface area contributed by atoms with E-state index in [1.165, 1.54) is 23.9 Å².